The predicted molar refractivity (Wildman–Crippen MR) is 92.0 cm³/mol. The quantitative estimate of drug-likeness (QED) is 0.902. The Morgan fingerprint density at radius 2 is 1.62 bits per heavy atom. The van der Waals surface area contributed by atoms with Crippen LogP contribution in [0.4, 0.5) is 17.2 Å². The molecule has 0 bridgehead atoms. The van der Waals surface area contributed by atoms with Gasteiger partial charge in [-0.05, 0) is 52.0 Å². The van der Waals surface area contributed by atoms with Gasteiger partial charge in [0, 0.05) is 36.2 Å². The number of nitrogens with zero attached hydrogens (tertiary/aromatic N) is 3. The van der Waals surface area contributed by atoms with Gasteiger partial charge in [-0.2, -0.15) is 0 Å². The van der Waals surface area contributed by atoms with Gasteiger partial charge in [0.15, 0.2) is 0 Å². The first-order chi connectivity index (χ1) is 9.62. The van der Waals surface area contributed by atoms with Gasteiger partial charge in [-0.25, -0.2) is 9.97 Å². The van der Waals surface area contributed by atoms with Crippen LogP contribution in [-0.2, 0) is 0 Å². The molecule has 114 valence electrons. The summed E-state index contributed by atoms with van der Waals surface area (Å²) in [6, 6.07) is 10.4. The van der Waals surface area contributed by atoms with Crippen molar-refractivity contribution in [2.24, 2.45) is 0 Å². The van der Waals surface area contributed by atoms with Crippen molar-refractivity contribution in [3.8, 4) is 0 Å². The minimum absolute atomic E-state index is 0. The summed E-state index contributed by atoms with van der Waals surface area (Å²) in [5.41, 5.74) is 3.26. The highest BCUT2D eigenvalue weighted by atomic mass is 35.5. The van der Waals surface area contributed by atoms with E-state index in [1.165, 1.54) is 5.69 Å². The Hall–Kier alpha value is -1.81. The SMILES string of the molecule is CCN(CC)c1ccc(Nc2cc(C)nc(C)n2)cc1.Cl. The number of hydrogen-bond acceptors (Lipinski definition) is 4. The van der Waals surface area contributed by atoms with Gasteiger partial charge in [0.1, 0.15) is 11.6 Å². The maximum absolute atomic E-state index is 4.39. The third kappa shape index (κ3) is 4.60. The zero-order valence-corrected chi connectivity index (χ0v) is 13.9. The van der Waals surface area contributed by atoms with Gasteiger partial charge < -0.3 is 10.2 Å². The molecule has 21 heavy (non-hydrogen) atoms. The van der Waals surface area contributed by atoms with E-state index in [0.29, 0.717) is 0 Å². The molecule has 0 spiro atoms. The van der Waals surface area contributed by atoms with Crippen molar-refractivity contribution in [1.29, 1.82) is 0 Å². The van der Waals surface area contributed by atoms with Gasteiger partial charge in [0.2, 0.25) is 0 Å². The van der Waals surface area contributed by atoms with Gasteiger partial charge in [-0.15, -0.1) is 12.4 Å². The van der Waals surface area contributed by atoms with Gasteiger partial charge in [0.25, 0.3) is 0 Å². The molecule has 2 rings (SSSR count). The van der Waals surface area contributed by atoms with Crippen molar-refractivity contribution in [2.75, 3.05) is 23.3 Å². The Kier molecular flexibility index (Phi) is 6.43. The molecule has 1 aromatic carbocycles. The summed E-state index contributed by atoms with van der Waals surface area (Å²) in [5, 5.41) is 3.32. The van der Waals surface area contributed by atoms with Crippen molar-refractivity contribution >= 4 is 29.6 Å². The molecule has 0 unspecified atom stereocenters. The van der Waals surface area contributed by atoms with Crippen LogP contribution in [0, 0.1) is 13.8 Å². The Morgan fingerprint density at radius 1 is 1.00 bits per heavy atom. The number of benzene rings is 1. The van der Waals surface area contributed by atoms with E-state index < -0.39 is 0 Å². The van der Waals surface area contributed by atoms with Gasteiger partial charge in [-0.3, -0.25) is 0 Å². The van der Waals surface area contributed by atoms with Crippen molar-refractivity contribution < 1.29 is 0 Å². The minimum atomic E-state index is 0. The number of aryl methyl sites for hydroxylation is 2. The van der Waals surface area contributed by atoms with Crippen LogP contribution in [0.2, 0.25) is 0 Å². The summed E-state index contributed by atoms with van der Waals surface area (Å²) in [6.07, 6.45) is 0. The van der Waals surface area contributed by atoms with Crippen molar-refractivity contribution in [1.82, 2.24) is 9.97 Å². The number of rotatable bonds is 5. The number of halogens is 1. The molecule has 2 aromatic rings. The van der Waals surface area contributed by atoms with E-state index in [2.05, 4.69) is 58.3 Å². The molecular weight excluding hydrogens is 284 g/mol. The summed E-state index contributed by atoms with van der Waals surface area (Å²) in [6.45, 7) is 10.3. The van der Waals surface area contributed by atoms with Crippen LogP contribution in [0.3, 0.4) is 0 Å². The van der Waals surface area contributed by atoms with E-state index in [-0.39, 0.29) is 12.4 Å². The number of aromatic nitrogens is 2. The fourth-order valence-electron chi connectivity index (χ4n) is 2.27. The van der Waals surface area contributed by atoms with Crippen LogP contribution < -0.4 is 10.2 Å². The Balaban J connectivity index is 0.00000220. The van der Waals surface area contributed by atoms with Crippen LogP contribution >= 0.6 is 12.4 Å². The number of nitrogens with one attached hydrogen (secondary N) is 1. The van der Waals surface area contributed by atoms with Crippen molar-refractivity contribution in [3.05, 3.63) is 41.9 Å². The first-order valence-electron chi connectivity index (χ1n) is 7.06. The van der Waals surface area contributed by atoms with Gasteiger partial charge >= 0.3 is 0 Å². The maximum atomic E-state index is 4.39. The molecule has 0 radical (unpaired) electrons. The fraction of sp³-hybridized carbons (Fsp3) is 0.375. The highest BCUT2D eigenvalue weighted by Crippen LogP contribution is 2.20. The maximum Gasteiger partial charge on any atom is 0.134 e. The molecule has 1 N–H and O–H groups in total. The largest absolute Gasteiger partial charge is 0.372 e. The Bertz CT molecular complexity index is 545. The molecule has 0 saturated carbocycles. The van der Waals surface area contributed by atoms with E-state index in [4.69, 9.17) is 0 Å². The van der Waals surface area contributed by atoms with Crippen LogP contribution in [0.15, 0.2) is 30.3 Å². The van der Waals surface area contributed by atoms with Crippen LogP contribution in [0.5, 0.6) is 0 Å². The molecule has 1 aromatic heterocycles. The van der Waals surface area contributed by atoms with Crippen LogP contribution in [0.25, 0.3) is 0 Å². The highest BCUT2D eigenvalue weighted by molar-refractivity contribution is 5.85. The lowest BCUT2D eigenvalue weighted by Gasteiger charge is -2.21. The molecule has 0 aliphatic heterocycles. The second-order valence-corrected chi connectivity index (χ2v) is 4.79. The van der Waals surface area contributed by atoms with Crippen molar-refractivity contribution in [2.45, 2.75) is 27.7 Å². The average molecular weight is 307 g/mol. The third-order valence-electron chi connectivity index (χ3n) is 3.23. The van der Waals surface area contributed by atoms with E-state index in [1.54, 1.807) is 0 Å². The molecular formula is C16H23ClN4. The first kappa shape index (κ1) is 17.2. The number of anilines is 3. The third-order valence-corrected chi connectivity index (χ3v) is 3.23. The molecule has 0 atom stereocenters. The van der Waals surface area contributed by atoms with Crippen LogP contribution in [-0.4, -0.2) is 23.1 Å². The van der Waals surface area contributed by atoms with Gasteiger partial charge in [-0.1, -0.05) is 0 Å². The van der Waals surface area contributed by atoms with E-state index >= 15 is 0 Å². The standard InChI is InChI=1S/C16H22N4.ClH/c1-5-20(6-2)15-9-7-14(8-10-15)19-16-11-12(3)17-13(4)18-16;/h7-11H,5-6H2,1-4H3,(H,17,18,19);1H. The molecule has 4 nitrogen and oxygen atoms in total. The summed E-state index contributed by atoms with van der Waals surface area (Å²) in [7, 11) is 0. The zero-order valence-electron chi connectivity index (χ0n) is 13.1. The lowest BCUT2D eigenvalue weighted by molar-refractivity contribution is 0.866. The lowest BCUT2D eigenvalue weighted by Crippen LogP contribution is -2.21. The second-order valence-electron chi connectivity index (χ2n) is 4.79. The smallest absolute Gasteiger partial charge is 0.134 e. The minimum Gasteiger partial charge on any atom is -0.372 e. The summed E-state index contributed by atoms with van der Waals surface area (Å²) in [5.74, 6) is 1.62. The lowest BCUT2D eigenvalue weighted by atomic mass is 10.2. The molecule has 5 heteroatoms. The van der Waals surface area contributed by atoms with E-state index in [9.17, 15) is 0 Å². The summed E-state index contributed by atoms with van der Waals surface area (Å²) < 4.78 is 0. The topological polar surface area (TPSA) is 41.0 Å². The monoisotopic (exact) mass is 306 g/mol. The van der Waals surface area contributed by atoms with E-state index in [1.807, 2.05) is 19.9 Å². The van der Waals surface area contributed by atoms with Crippen molar-refractivity contribution in [3.63, 3.8) is 0 Å². The summed E-state index contributed by atoms with van der Waals surface area (Å²) in [4.78, 5) is 11.0. The fourth-order valence-corrected chi connectivity index (χ4v) is 2.27. The molecule has 0 aliphatic carbocycles. The number of hydrogen-bond donors (Lipinski definition) is 1. The first-order valence-corrected chi connectivity index (χ1v) is 7.06. The molecule has 0 aliphatic rings. The van der Waals surface area contributed by atoms with E-state index in [0.717, 1.165) is 36.1 Å². The highest BCUT2D eigenvalue weighted by Gasteiger charge is 2.03. The second kappa shape index (κ2) is 7.84. The Labute approximate surface area is 133 Å². The Morgan fingerprint density at radius 3 is 2.14 bits per heavy atom. The molecule has 0 fully saturated rings. The average Bonchev–Trinajstić information content (AvgIpc) is 2.41. The molecule has 1 heterocycles. The normalized spacial score (nSPS) is 9.90. The summed E-state index contributed by atoms with van der Waals surface area (Å²) >= 11 is 0. The van der Waals surface area contributed by atoms with Crippen LogP contribution in [0.1, 0.15) is 25.4 Å². The molecule has 0 amide bonds. The van der Waals surface area contributed by atoms with Gasteiger partial charge in [0.05, 0.1) is 0 Å². The molecule has 0 saturated heterocycles. The zero-order chi connectivity index (χ0) is 14.5. The predicted octanol–water partition coefficient (Wildman–Crippen LogP) is 4.11.